The maximum Gasteiger partial charge on any atom is 0.125 e. The van der Waals surface area contributed by atoms with Gasteiger partial charge in [0.2, 0.25) is 0 Å². The molecule has 1 aliphatic rings. The molecule has 2 aromatic heterocycles. The minimum Gasteiger partial charge on any atom is -0.294 e. The number of pyridine rings is 1. The van der Waals surface area contributed by atoms with Gasteiger partial charge in [-0.2, -0.15) is 0 Å². The fourth-order valence-electron chi connectivity index (χ4n) is 2.42. The number of fused-ring (bicyclic) bond motifs is 1. The number of aryl methyl sites for hydroxylation is 1. The van der Waals surface area contributed by atoms with E-state index in [-0.39, 0.29) is 0 Å². The molecule has 4 nitrogen and oxygen atoms in total. The number of hydrogen-bond donors (Lipinski definition) is 0. The molecule has 0 saturated heterocycles. The molecule has 0 aliphatic carbocycles. The molecule has 0 fully saturated rings. The van der Waals surface area contributed by atoms with Crippen LogP contribution in [0.15, 0.2) is 27.5 Å². The summed E-state index contributed by atoms with van der Waals surface area (Å²) < 4.78 is 2.08. The van der Waals surface area contributed by atoms with Crippen LogP contribution in [0.4, 0.5) is 0 Å². The van der Waals surface area contributed by atoms with Gasteiger partial charge in [0, 0.05) is 64.8 Å². The van der Waals surface area contributed by atoms with Gasteiger partial charge in [0.05, 0.1) is 0 Å². The number of hydrogen-bond acceptors (Lipinski definition) is 4. The van der Waals surface area contributed by atoms with Crippen LogP contribution >= 0.6 is 31.9 Å². The van der Waals surface area contributed by atoms with Gasteiger partial charge in [-0.1, -0.05) is 0 Å². The first kappa shape index (κ1) is 14.1. The number of nitrogens with zero attached hydrogens (tertiary/aromatic N) is 4. The molecule has 0 saturated carbocycles. The molecule has 0 amide bonds. The number of halogens is 2. The smallest absolute Gasteiger partial charge is 0.125 e. The van der Waals surface area contributed by atoms with Gasteiger partial charge < -0.3 is 0 Å². The fourth-order valence-corrected chi connectivity index (χ4v) is 3.60. The van der Waals surface area contributed by atoms with Crippen molar-refractivity contribution in [2.45, 2.75) is 26.4 Å². The lowest BCUT2D eigenvalue weighted by molar-refractivity contribution is 0.241. The van der Waals surface area contributed by atoms with Crippen molar-refractivity contribution in [3.63, 3.8) is 0 Å². The molecule has 3 rings (SSSR count). The highest BCUT2D eigenvalue weighted by atomic mass is 79.9. The van der Waals surface area contributed by atoms with Crippen LogP contribution in [0.25, 0.3) is 0 Å². The highest BCUT2D eigenvalue weighted by molar-refractivity contribution is 9.11. The standard InChI is InChI=1S/C14H14Br2N4/c1-9-18-4-10-7-20(3-2-14(10)19-9)8-11-12(15)5-17-6-13(11)16/h4-6H,2-3,7-8H2,1H3. The maximum absolute atomic E-state index is 4.52. The van der Waals surface area contributed by atoms with Gasteiger partial charge >= 0.3 is 0 Å². The van der Waals surface area contributed by atoms with Crippen molar-refractivity contribution in [2.75, 3.05) is 6.54 Å². The minimum atomic E-state index is 0.858. The van der Waals surface area contributed by atoms with Gasteiger partial charge in [-0.3, -0.25) is 9.88 Å². The molecule has 2 aromatic rings. The first-order valence-electron chi connectivity index (χ1n) is 6.45. The molecule has 0 bridgehead atoms. The first-order chi connectivity index (χ1) is 9.63. The van der Waals surface area contributed by atoms with E-state index in [0.29, 0.717) is 0 Å². The lowest BCUT2D eigenvalue weighted by Gasteiger charge is -2.28. The lowest BCUT2D eigenvalue weighted by Crippen LogP contribution is -2.31. The summed E-state index contributed by atoms with van der Waals surface area (Å²) in [5.74, 6) is 0.858. The molecular formula is C14H14Br2N4. The van der Waals surface area contributed by atoms with Crippen molar-refractivity contribution in [3.05, 3.63) is 50.2 Å². The SMILES string of the molecule is Cc1ncc2c(n1)CCN(Cc1c(Br)cncc1Br)C2. The van der Waals surface area contributed by atoms with Crippen molar-refractivity contribution in [3.8, 4) is 0 Å². The molecule has 104 valence electrons. The summed E-state index contributed by atoms with van der Waals surface area (Å²) in [5, 5.41) is 0. The van der Waals surface area contributed by atoms with Crippen molar-refractivity contribution in [2.24, 2.45) is 0 Å². The summed E-state index contributed by atoms with van der Waals surface area (Å²) in [6, 6.07) is 0. The second kappa shape index (κ2) is 5.87. The molecule has 0 atom stereocenters. The minimum absolute atomic E-state index is 0.858. The third-order valence-corrected chi connectivity index (χ3v) is 4.83. The second-order valence-corrected chi connectivity index (χ2v) is 6.64. The van der Waals surface area contributed by atoms with Crippen LogP contribution in [0, 0.1) is 6.92 Å². The Morgan fingerprint density at radius 2 is 1.95 bits per heavy atom. The average molecular weight is 398 g/mol. The maximum atomic E-state index is 4.52. The Morgan fingerprint density at radius 3 is 2.70 bits per heavy atom. The van der Waals surface area contributed by atoms with Crippen molar-refractivity contribution in [1.82, 2.24) is 19.9 Å². The zero-order valence-corrected chi connectivity index (χ0v) is 14.3. The molecule has 3 heterocycles. The fraction of sp³-hybridized carbons (Fsp3) is 0.357. The van der Waals surface area contributed by atoms with E-state index in [0.717, 1.165) is 40.8 Å². The van der Waals surface area contributed by atoms with Crippen LogP contribution < -0.4 is 0 Å². The summed E-state index contributed by atoms with van der Waals surface area (Å²) in [6.45, 7) is 4.75. The van der Waals surface area contributed by atoms with E-state index >= 15 is 0 Å². The Bertz CT molecular complexity index is 625. The average Bonchev–Trinajstić information content (AvgIpc) is 2.43. The van der Waals surface area contributed by atoms with E-state index in [1.165, 1.54) is 16.8 Å². The van der Waals surface area contributed by atoms with E-state index in [1.807, 2.05) is 25.5 Å². The van der Waals surface area contributed by atoms with Crippen molar-refractivity contribution >= 4 is 31.9 Å². The van der Waals surface area contributed by atoms with E-state index in [9.17, 15) is 0 Å². The van der Waals surface area contributed by atoms with Crippen LogP contribution in [0.1, 0.15) is 22.6 Å². The summed E-state index contributed by atoms with van der Waals surface area (Å²) in [7, 11) is 0. The largest absolute Gasteiger partial charge is 0.294 e. The molecule has 0 unspecified atom stereocenters. The number of aromatic nitrogens is 3. The summed E-state index contributed by atoms with van der Waals surface area (Å²) in [4.78, 5) is 15.4. The van der Waals surface area contributed by atoms with Gasteiger partial charge in [-0.05, 0) is 44.3 Å². The van der Waals surface area contributed by atoms with E-state index in [1.54, 1.807) is 0 Å². The van der Waals surface area contributed by atoms with Gasteiger partial charge in [0.1, 0.15) is 5.82 Å². The van der Waals surface area contributed by atoms with E-state index < -0.39 is 0 Å². The molecular weight excluding hydrogens is 384 g/mol. The molecule has 6 heteroatoms. The normalized spacial score (nSPS) is 15.2. The predicted molar refractivity (Wildman–Crippen MR) is 84.2 cm³/mol. The quantitative estimate of drug-likeness (QED) is 0.779. The molecule has 0 spiro atoms. The Labute approximate surface area is 134 Å². The van der Waals surface area contributed by atoms with E-state index in [4.69, 9.17) is 0 Å². The summed E-state index contributed by atoms with van der Waals surface area (Å²) in [5.41, 5.74) is 3.67. The Balaban J connectivity index is 1.79. The van der Waals surface area contributed by atoms with E-state index in [2.05, 4.69) is 51.7 Å². The predicted octanol–water partition coefficient (Wildman–Crippen LogP) is 3.26. The first-order valence-corrected chi connectivity index (χ1v) is 8.03. The van der Waals surface area contributed by atoms with Gasteiger partial charge in [-0.15, -0.1) is 0 Å². The Morgan fingerprint density at radius 1 is 1.20 bits per heavy atom. The van der Waals surface area contributed by atoms with Crippen LogP contribution in [-0.4, -0.2) is 26.4 Å². The highest BCUT2D eigenvalue weighted by Gasteiger charge is 2.19. The molecule has 20 heavy (non-hydrogen) atoms. The zero-order valence-electron chi connectivity index (χ0n) is 11.1. The van der Waals surface area contributed by atoms with Gasteiger partial charge in [0.15, 0.2) is 0 Å². The van der Waals surface area contributed by atoms with Crippen LogP contribution in [0.5, 0.6) is 0 Å². The third kappa shape index (κ3) is 2.92. The highest BCUT2D eigenvalue weighted by Crippen LogP contribution is 2.27. The monoisotopic (exact) mass is 396 g/mol. The lowest BCUT2D eigenvalue weighted by atomic mass is 10.1. The molecule has 0 N–H and O–H groups in total. The summed E-state index contributed by atoms with van der Waals surface area (Å²) in [6.07, 6.45) is 6.62. The van der Waals surface area contributed by atoms with Gasteiger partial charge in [0.25, 0.3) is 0 Å². The second-order valence-electron chi connectivity index (χ2n) is 4.93. The number of rotatable bonds is 2. The Hall–Kier alpha value is -0.850. The topological polar surface area (TPSA) is 41.9 Å². The molecule has 0 aromatic carbocycles. The zero-order chi connectivity index (χ0) is 14.1. The third-order valence-electron chi connectivity index (χ3n) is 3.47. The van der Waals surface area contributed by atoms with Gasteiger partial charge in [-0.25, -0.2) is 9.97 Å². The summed E-state index contributed by atoms with van der Waals surface area (Å²) >= 11 is 7.14. The van der Waals surface area contributed by atoms with Crippen molar-refractivity contribution in [1.29, 1.82) is 0 Å². The van der Waals surface area contributed by atoms with Crippen LogP contribution in [0.3, 0.4) is 0 Å². The van der Waals surface area contributed by atoms with Crippen LogP contribution in [0.2, 0.25) is 0 Å². The van der Waals surface area contributed by atoms with Crippen LogP contribution in [-0.2, 0) is 19.5 Å². The van der Waals surface area contributed by atoms with Crippen molar-refractivity contribution < 1.29 is 0 Å². The molecule has 1 aliphatic heterocycles. The Kier molecular flexibility index (Phi) is 4.14. The molecule has 0 radical (unpaired) electrons.